The highest BCUT2D eigenvalue weighted by Crippen LogP contribution is 2.22. The van der Waals surface area contributed by atoms with E-state index in [1.54, 1.807) is 7.11 Å². The van der Waals surface area contributed by atoms with Crippen LogP contribution in [0.3, 0.4) is 0 Å². The van der Waals surface area contributed by atoms with Gasteiger partial charge >= 0.3 is 0 Å². The number of carbonyl (C=O) groups is 1. The number of amides is 1. The van der Waals surface area contributed by atoms with Crippen LogP contribution in [0, 0.1) is 0 Å². The van der Waals surface area contributed by atoms with Crippen LogP contribution >= 0.6 is 0 Å². The SMILES string of the molecule is COc1ccccc1NCC(=O)NCC(N)c1ccc(C(C)C)cc1. The van der Waals surface area contributed by atoms with Gasteiger partial charge in [-0.05, 0) is 29.2 Å². The molecular formula is C20H27N3O2. The molecule has 1 atom stereocenters. The number of benzene rings is 2. The van der Waals surface area contributed by atoms with Gasteiger partial charge in [-0.25, -0.2) is 0 Å². The van der Waals surface area contributed by atoms with Gasteiger partial charge in [0.25, 0.3) is 0 Å². The number of ether oxygens (including phenoxy) is 1. The number of nitrogens with two attached hydrogens (primary N) is 1. The van der Waals surface area contributed by atoms with Crippen molar-refractivity contribution in [1.82, 2.24) is 5.32 Å². The molecule has 1 unspecified atom stereocenters. The van der Waals surface area contributed by atoms with Crippen molar-refractivity contribution >= 4 is 11.6 Å². The Morgan fingerprint density at radius 3 is 2.36 bits per heavy atom. The van der Waals surface area contributed by atoms with E-state index in [1.165, 1.54) is 5.56 Å². The number of nitrogens with one attached hydrogen (secondary N) is 2. The van der Waals surface area contributed by atoms with Gasteiger partial charge in [-0.1, -0.05) is 50.2 Å². The standard InChI is InChI=1S/C20H27N3O2/c1-14(2)15-8-10-16(11-9-15)17(21)12-23-20(24)13-22-18-6-4-5-7-19(18)25-3/h4-11,14,17,22H,12-13,21H2,1-3H3,(H,23,24). The Morgan fingerprint density at radius 2 is 1.72 bits per heavy atom. The average Bonchev–Trinajstić information content (AvgIpc) is 2.64. The van der Waals surface area contributed by atoms with Gasteiger partial charge in [-0.2, -0.15) is 0 Å². The maximum atomic E-state index is 12.0. The molecule has 134 valence electrons. The normalized spacial score (nSPS) is 11.9. The summed E-state index contributed by atoms with van der Waals surface area (Å²) in [5, 5.41) is 5.93. The molecule has 0 heterocycles. The largest absolute Gasteiger partial charge is 0.495 e. The molecule has 0 spiro atoms. The number of methoxy groups -OCH3 is 1. The highest BCUT2D eigenvalue weighted by Gasteiger charge is 2.10. The number of rotatable bonds is 8. The summed E-state index contributed by atoms with van der Waals surface area (Å²) in [5.74, 6) is 1.09. The monoisotopic (exact) mass is 341 g/mol. The van der Waals surface area contributed by atoms with Crippen molar-refractivity contribution in [3.8, 4) is 5.75 Å². The van der Waals surface area contributed by atoms with Gasteiger partial charge in [-0.15, -0.1) is 0 Å². The van der Waals surface area contributed by atoms with Crippen molar-refractivity contribution in [2.75, 3.05) is 25.5 Å². The number of hydrogen-bond acceptors (Lipinski definition) is 4. The number of anilines is 1. The molecule has 25 heavy (non-hydrogen) atoms. The van der Waals surface area contributed by atoms with Crippen molar-refractivity contribution in [2.45, 2.75) is 25.8 Å². The fraction of sp³-hybridized carbons (Fsp3) is 0.350. The zero-order chi connectivity index (χ0) is 18.2. The summed E-state index contributed by atoms with van der Waals surface area (Å²) in [5.41, 5.74) is 9.25. The molecule has 2 aromatic carbocycles. The number of hydrogen-bond donors (Lipinski definition) is 3. The quantitative estimate of drug-likeness (QED) is 0.690. The lowest BCUT2D eigenvalue weighted by molar-refractivity contribution is -0.119. The highest BCUT2D eigenvalue weighted by molar-refractivity contribution is 5.81. The van der Waals surface area contributed by atoms with Gasteiger partial charge in [0.15, 0.2) is 0 Å². The van der Waals surface area contributed by atoms with Crippen molar-refractivity contribution in [2.24, 2.45) is 5.73 Å². The molecule has 1 amide bonds. The summed E-state index contributed by atoms with van der Waals surface area (Å²) in [4.78, 5) is 12.0. The van der Waals surface area contributed by atoms with Gasteiger partial charge in [0.1, 0.15) is 5.75 Å². The Balaban J connectivity index is 1.81. The van der Waals surface area contributed by atoms with Gasteiger partial charge in [0, 0.05) is 12.6 Å². The summed E-state index contributed by atoms with van der Waals surface area (Å²) in [6.07, 6.45) is 0. The topological polar surface area (TPSA) is 76.4 Å². The van der Waals surface area contributed by atoms with Crippen LogP contribution in [-0.4, -0.2) is 26.1 Å². The molecular weight excluding hydrogens is 314 g/mol. The van der Waals surface area contributed by atoms with E-state index in [0.29, 0.717) is 18.2 Å². The maximum absolute atomic E-state index is 12.0. The number of para-hydroxylation sites is 2. The average molecular weight is 341 g/mol. The fourth-order valence-corrected chi connectivity index (χ4v) is 2.50. The minimum absolute atomic E-state index is 0.111. The molecule has 2 rings (SSSR count). The molecule has 0 saturated heterocycles. The molecule has 0 saturated carbocycles. The molecule has 4 N–H and O–H groups in total. The van der Waals surface area contributed by atoms with Gasteiger partial charge < -0.3 is 21.1 Å². The van der Waals surface area contributed by atoms with Crippen LogP contribution < -0.4 is 21.1 Å². The Kier molecular flexibility index (Phi) is 6.83. The third-order valence-electron chi connectivity index (χ3n) is 4.10. The predicted molar refractivity (Wildman–Crippen MR) is 102 cm³/mol. The van der Waals surface area contributed by atoms with Crippen LogP contribution in [0.1, 0.15) is 36.9 Å². The molecule has 5 nitrogen and oxygen atoms in total. The second-order valence-electron chi connectivity index (χ2n) is 6.29. The van der Waals surface area contributed by atoms with Crippen LogP contribution in [0.15, 0.2) is 48.5 Å². The third kappa shape index (κ3) is 5.50. The first kappa shape index (κ1) is 18.8. The molecule has 2 aromatic rings. The molecule has 0 fully saturated rings. The summed E-state index contributed by atoms with van der Waals surface area (Å²) in [6.45, 7) is 4.88. The first-order valence-corrected chi connectivity index (χ1v) is 8.50. The van der Waals surface area contributed by atoms with E-state index in [9.17, 15) is 4.79 Å². The molecule has 0 aliphatic heterocycles. The number of carbonyl (C=O) groups excluding carboxylic acids is 1. The summed E-state index contributed by atoms with van der Waals surface area (Å²) < 4.78 is 5.25. The van der Waals surface area contributed by atoms with Crippen LogP contribution in [0.2, 0.25) is 0 Å². The molecule has 0 bridgehead atoms. The lowest BCUT2D eigenvalue weighted by Gasteiger charge is -2.15. The highest BCUT2D eigenvalue weighted by atomic mass is 16.5. The van der Waals surface area contributed by atoms with E-state index in [0.717, 1.165) is 11.3 Å². The lowest BCUT2D eigenvalue weighted by atomic mass is 9.99. The zero-order valence-corrected chi connectivity index (χ0v) is 15.1. The molecule has 0 aromatic heterocycles. The van der Waals surface area contributed by atoms with E-state index >= 15 is 0 Å². The first-order chi connectivity index (χ1) is 12.0. The summed E-state index contributed by atoms with van der Waals surface area (Å²) in [6, 6.07) is 15.5. The first-order valence-electron chi connectivity index (χ1n) is 8.50. The Bertz CT molecular complexity index is 684. The van der Waals surface area contributed by atoms with E-state index in [-0.39, 0.29) is 18.5 Å². The summed E-state index contributed by atoms with van der Waals surface area (Å²) >= 11 is 0. The van der Waals surface area contributed by atoms with Crippen molar-refractivity contribution in [3.05, 3.63) is 59.7 Å². The van der Waals surface area contributed by atoms with Crippen molar-refractivity contribution < 1.29 is 9.53 Å². The minimum atomic E-state index is -0.226. The van der Waals surface area contributed by atoms with Crippen LogP contribution in [-0.2, 0) is 4.79 Å². The van der Waals surface area contributed by atoms with Crippen molar-refractivity contribution in [1.29, 1.82) is 0 Å². The Hall–Kier alpha value is -2.53. The second-order valence-corrected chi connectivity index (χ2v) is 6.29. The Labute approximate surface area is 149 Å². The van der Waals surface area contributed by atoms with Crippen LogP contribution in [0.25, 0.3) is 0 Å². The molecule has 0 radical (unpaired) electrons. The van der Waals surface area contributed by atoms with Gasteiger partial charge in [0.05, 0.1) is 19.3 Å². The minimum Gasteiger partial charge on any atom is -0.495 e. The smallest absolute Gasteiger partial charge is 0.239 e. The van der Waals surface area contributed by atoms with E-state index in [2.05, 4.69) is 36.6 Å². The fourth-order valence-electron chi connectivity index (χ4n) is 2.50. The van der Waals surface area contributed by atoms with Gasteiger partial charge in [-0.3, -0.25) is 4.79 Å². The zero-order valence-electron chi connectivity index (χ0n) is 15.1. The predicted octanol–water partition coefficient (Wildman–Crippen LogP) is 3.05. The van der Waals surface area contributed by atoms with E-state index in [1.807, 2.05) is 36.4 Å². The lowest BCUT2D eigenvalue weighted by Crippen LogP contribution is -2.35. The third-order valence-corrected chi connectivity index (χ3v) is 4.10. The second kappa shape index (κ2) is 9.08. The molecule has 0 aliphatic rings. The van der Waals surface area contributed by atoms with Crippen molar-refractivity contribution in [3.63, 3.8) is 0 Å². The van der Waals surface area contributed by atoms with E-state index in [4.69, 9.17) is 10.5 Å². The van der Waals surface area contributed by atoms with E-state index < -0.39 is 0 Å². The summed E-state index contributed by atoms with van der Waals surface area (Å²) in [7, 11) is 1.60. The molecule has 5 heteroatoms. The Morgan fingerprint density at radius 1 is 1.08 bits per heavy atom. The van der Waals surface area contributed by atoms with Crippen LogP contribution in [0.4, 0.5) is 5.69 Å². The maximum Gasteiger partial charge on any atom is 0.239 e. The van der Waals surface area contributed by atoms with Crippen LogP contribution in [0.5, 0.6) is 5.75 Å². The van der Waals surface area contributed by atoms with Gasteiger partial charge in [0.2, 0.25) is 5.91 Å². The molecule has 0 aliphatic carbocycles.